The summed E-state index contributed by atoms with van der Waals surface area (Å²) in [5, 5.41) is 4.59. The van der Waals surface area contributed by atoms with Crippen LogP contribution in [0.4, 0.5) is 11.4 Å². The lowest BCUT2D eigenvalue weighted by molar-refractivity contribution is 0.491. The normalized spacial score (nSPS) is 12.2. The van der Waals surface area contributed by atoms with Crippen molar-refractivity contribution in [2.75, 3.05) is 11.1 Å². The van der Waals surface area contributed by atoms with E-state index in [1.165, 1.54) is 77.0 Å². The third-order valence-electron chi connectivity index (χ3n) is 5.74. The number of fused-ring (bicyclic) bond motifs is 1. The third kappa shape index (κ3) is 7.93. The summed E-state index contributed by atoms with van der Waals surface area (Å²) in [7, 11) is 0. The van der Waals surface area contributed by atoms with E-state index < -0.39 is 0 Å². The maximum absolute atomic E-state index is 6.10. The predicted molar refractivity (Wildman–Crippen MR) is 133 cm³/mol. The number of nitrogen functional groups attached to an aromatic ring is 1. The van der Waals surface area contributed by atoms with Gasteiger partial charge in [0.25, 0.3) is 0 Å². The first kappa shape index (κ1) is 23.6. The number of aromatic nitrogens is 1. The molecular formula is C25H39N3S. The number of benzene rings is 1. The van der Waals surface area contributed by atoms with Crippen molar-refractivity contribution in [1.82, 2.24) is 4.98 Å². The average Bonchev–Trinajstić information content (AvgIpc) is 2.74. The molecule has 0 bridgehead atoms. The van der Waals surface area contributed by atoms with Crippen molar-refractivity contribution < 1.29 is 0 Å². The first-order valence-electron chi connectivity index (χ1n) is 11.6. The van der Waals surface area contributed by atoms with Crippen molar-refractivity contribution in [3.63, 3.8) is 0 Å². The Bertz CT molecular complexity index is 744. The second-order valence-electron chi connectivity index (χ2n) is 8.19. The van der Waals surface area contributed by atoms with Gasteiger partial charge in [-0.3, -0.25) is 4.98 Å². The van der Waals surface area contributed by atoms with E-state index in [2.05, 4.69) is 30.2 Å². The van der Waals surface area contributed by atoms with Crippen LogP contribution in [0.5, 0.6) is 0 Å². The number of pyridine rings is 1. The summed E-state index contributed by atoms with van der Waals surface area (Å²) in [6.45, 7) is 4.53. The van der Waals surface area contributed by atoms with Crippen LogP contribution in [-0.4, -0.2) is 9.97 Å². The largest absolute Gasteiger partial charge is 0.397 e. The minimum absolute atomic E-state index is 0.456. The highest BCUT2D eigenvalue weighted by atomic mass is 32.1. The van der Waals surface area contributed by atoms with Crippen LogP contribution in [0.3, 0.4) is 0 Å². The second kappa shape index (κ2) is 13.5. The fraction of sp³-hybridized carbons (Fsp3) is 0.600. The lowest BCUT2D eigenvalue weighted by atomic mass is 9.93. The molecule has 0 aliphatic rings. The Balaban J connectivity index is 1.99. The molecule has 4 heteroatoms. The molecule has 3 N–H and O–H groups in total. The molecule has 1 heterocycles. The monoisotopic (exact) mass is 413 g/mol. The standard InChI is InChI=1S/C25H39N3S/c1-3-5-7-9-10-12-15-20(14-11-8-6-4-2)25(29)28-23-18-17-22(26)24-21(23)16-13-19-27-24/h13,16-20H,3-12,14-15,26H2,1-2H3,(H,28,29). The topological polar surface area (TPSA) is 50.9 Å². The van der Waals surface area contributed by atoms with Crippen molar-refractivity contribution in [1.29, 1.82) is 0 Å². The molecule has 2 aromatic rings. The van der Waals surface area contributed by atoms with E-state index in [1.807, 2.05) is 18.2 Å². The fourth-order valence-corrected chi connectivity index (χ4v) is 4.28. The number of unbranched alkanes of at least 4 members (excludes halogenated alkanes) is 8. The predicted octanol–water partition coefficient (Wildman–Crippen LogP) is 7.89. The van der Waals surface area contributed by atoms with Crippen LogP contribution >= 0.6 is 12.2 Å². The van der Waals surface area contributed by atoms with E-state index in [9.17, 15) is 0 Å². The summed E-state index contributed by atoms with van der Waals surface area (Å²) in [6.07, 6.45) is 17.3. The Morgan fingerprint density at radius 3 is 2.24 bits per heavy atom. The van der Waals surface area contributed by atoms with Crippen molar-refractivity contribution >= 4 is 39.5 Å². The third-order valence-corrected chi connectivity index (χ3v) is 6.18. The molecule has 0 aliphatic heterocycles. The molecule has 0 radical (unpaired) electrons. The Hall–Kier alpha value is -1.68. The van der Waals surface area contributed by atoms with Crippen LogP contribution in [-0.2, 0) is 0 Å². The Morgan fingerprint density at radius 1 is 0.931 bits per heavy atom. The molecule has 0 saturated heterocycles. The lowest BCUT2D eigenvalue weighted by Gasteiger charge is -2.20. The van der Waals surface area contributed by atoms with Crippen molar-refractivity contribution in [2.24, 2.45) is 5.92 Å². The van der Waals surface area contributed by atoms with Gasteiger partial charge < -0.3 is 11.1 Å². The van der Waals surface area contributed by atoms with Gasteiger partial charge >= 0.3 is 0 Å². The van der Waals surface area contributed by atoms with Crippen LogP contribution in [0.25, 0.3) is 10.9 Å². The summed E-state index contributed by atoms with van der Waals surface area (Å²) in [5.74, 6) is 0.456. The van der Waals surface area contributed by atoms with Crippen LogP contribution in [0, 0.1) is 5.92 Å². The summed E-state index contributed by atoms with van der Waals surface area (Å²) < 4.78 is 0. The molecule has 1 aromatic heterocycles. The van der Waals surface area contributed by atoms with Gasteiger partial charge in [-0.05, 0) is 37.1 Å². The van der Waals surface area contributed by atoms with Crippen molar-refractivity contribution in [3.8, 4) is 0 Å². The molecule has 1 aromatic carbocycles. The molecule has 1 unspecified atom stereocenters. The first-order chi connectivity index (χ1) is 14.2. The van der Waals surface area contributed by atoms with Crippen LogP contribution in [0.15, 0.2) is 30.5 Å². The van der Waals surface area contributed by atoms with Gasteiger partial charge in [-0.15, -0.1) is 0 Å². The van der Waals surface area contributed by atoms with Gasteiger partial charge in [-0.25, -0.2) is 0 Å². The minimum Gasteiger partial charge on any atom is -0.397 e. The number of anilines is 2. The molecule has 1 atom stereocenters. The van der Waals surface area contributed by atoms with Gasteiger partial charge in [0.1, 0.15) is 0 Å². The SMILES string of the molecule is CCCCCCCCC(CCCCCC)C(=S)Nc1ccc(N)c2ncccc12. The average molecular weight is 414 g/mol. The smallest absolute Gasteiger partial charge is 0.0951 e. The number of hydrogen-bond donors (Lipinski definition) is 2. The fourth-order valence-electron chi connectivity index (χ4n) is 3.93. The molecule has 0 aliphatic carbocycles. The highest BCUT2D eigenvalue weighted by Gasteiger charge is 2.16. The molecule has 0 spiro atoms. The Morgan fingerprint density at radius 2 is 1.55 bits per heavy atom. The number of hydrogen-bond acceptors (Lipinski definition) is 3. The second-order valence-corrected chi connectivity index (χ2v) is 8.63. The number of nitrogens with two attached hydrogens (primary N) is 1. The van der Waals surface area contributed by atoms with E-state index in [0.717, 1.165) is 21.6 Å². The summed E-state index contributed by atoms with van der Waals surface area (Å²) >= 11 is 5.89. The zero-order valence-electron chi connectivity index (χ0n) is 18.4. The molecular weight excluding hydrogens is 374 g/mol. The molecule has 160 valence electrons. The van der Waals surface area contributed by atoms with E-state index in [0.29, 0.717) is 11.6 Å². The zero-order chi connectivity index (χ0) is 20.9. The molecule has 29 heavy (non-hydrogen) atoms. The van der Waals surface area contributed by atoms with E-state index in [4.69, 9.17) is 18.0 Å². The summed E-state index contributed by atoms with van der Waals surface area (Å²) in [4.78, 5) is 5.42. The molecule has 0 fully saturated rings. The van der Waals surface area contributed by atoms with Crippen molar-refractivity contribution in [2.45, 2.75) is 90.9 Å². The van der Waals surface area contributed by atoms with Gasteiger partial charge in [0.05, 0.1) is 16.2 Å². The number of nitrogens with zero attached hydrogens (tertiary/aromatic N) is 1. The van der Waals surface area contributed by atoms with Crippen molar-refractivity contribution in [3.05, 3.63) is 30.5 Å². The van der Waals surface area contributed by atoms with Gasteiger partial charge in [-0.1, -0.05) is 90.3 Å². The highest BCUT2D eigenvalue weighted by Crippen LogP contribution is 2.28. The van der Waals surface area contributed by atoms with Gasteiger partial charge in [0.15, 0.2) is 0 Å². The summed E-state index contributed by atoms with van der Waals surface area (Å²) in [6, 6.07) is 7.97. The maximum Gasteiger partial charge on any atom is 0.0951 e. The number of nitrogens with one attached hydrogen (secondary N) is 1. The maximum atomic E-state index is 6.10. The van der Waals surface area contributed by atoms with Gasteiger partial charge in [0, 0.05) is 23.2 Å². The van der Waals surface area contributed by atoms with Crippen LogP contribution < -0.4 is 11.1 Å². The Kier molecular flexibility index (Phi) is 11.0. The summed E-state index contributed by atoms with van der Waals surface area (Å²) in [5.41, 5.74) is 8.68. The number of rotatable bonds is 14. The highest BCUT2D eigenvalue weighted by molar-refractivity contribution is 7.80. The Labute approximate surface area is 182 Å². The van der Waals surface area contributed by atoms with E-state index >= 15 is 0 Å². The zero-order valence-corrected chi connectivity index (χ0v) is 19.2. The van der Waals surface area contributed by atoms with Crippen LogP contribution in [0.2, 0.25) is 0 Å². The molecule has 0 amide bonds. The van der Waals surface area contributed by atoms with Gasteiger partial charge in [-0.2, -0.15) is 0 Å². The quantitative estimate of drug-likeness (QED) is 0.188. The molecule has 0 saturated carbocycles. The molecule has 3 nitrogen and oxygen atoms in total. The van der Waals surface area contributed by atoms with E-state index in [-0.39, 0.29) is 0 Å². The molecule has 2 rings (SSSR count). The van der Waals surface area contributed by atoms with E-state index in [1.54, 1.807) is 6.20 Å². The van der Waals surface area contributed by atoms with Gasteiger partial charge in [0.2, 0.25) is 0 Å². The minimum atomic E-state index is 0.456. The first-order valence-corrected chi connectivity index (χ1v) is 12.0. The van der Waals surface area contributed by atoms with Crippen LogP contribution in [0.1, 0.15) is 90.9 Å². The lowest BCUT2D eigenvalue weighted by Crippen LogP contribution is -2.21. The number of thiocarbonyl (C=S) groups is 1.